The quantitative estimate of drug-likeness (QED) is 0.835. The summed E-state index contributed by atoms with van der Waals surface area (Å²) in [6.45, 7) is 6.40. The largest absolute Gasteiger partial charge is 0.508 e. The van der Waals surface area contributed by atoms with E-state index in [-0.39, 0.29) is 0 Å². The van der Waals surface area contributed by atoms with Crippen LogP contribution in [0, 0.1) is 0 Å². The molecule has 2 rings (SSSR count). The molecule has 0 fully saturated rings. The maximum absolute atomic E-state index is 10.1. The highest BCUT2D eigenvalue weighted by Crippen LogP contribution is 2.31. The van der Waals surface area contributed by atoms with E-state index < -0.39 is 0 Å². The Morgan fingerprint density at radius 1 is 0.789 bits per heavy atom. The second-order valence-corrected chi connectivity index (χ2v) is 4.90. The lowest BCUT2D eigenvalue weighted by Crippen LogP contribution is -1.92. The monoisotopic (exact) mass is 254 g/mol. The minimum absolute atomic E-state index is 0.411. The molecule has 0 heterocycles. The fourth-order valence-electron chi connectivity index (χ4n) is 2.45. The number of phenols is 1. The summed E-state index contributed by atoms with van der Waals surface area (Å²) in [5, 5.41) is 10.1. The molecule has 1 nitrogen and oxygen atoms in total. The number of aryl methyl sites for hydroxylation is 3. The number of aromatic hydroxyl groups is 1. The van der Waals surface area contributed by atoms with E-state index in [1.54, 1.807) is 0 Å². The van der Waals surface area contributed by atoms with E-state index in [0.29, 0.717) is 5.75 Å². The molecule has 0 spiro atoms. The van der Waals surface area contributed by atoms with Gasteiger partial charge in [0.2, 0.25) is 0 Å². The van der Waals surface area contributed by atoms with Gasteiger partial charge in [-0.25, -0.2) is 0 Å². The second kappa shape index (κ2) is 5.92. The molecule has 0 saturated carbocycles. The predicted molar refractivity (Wildman–Crippen MR) is 81.7 cm³/mol. The summed E-state index contributed by atoms with van der Waals surface area (Å²) in [6.07, 6.45) is 2.91. The molecular formula is C18H22O. The lowest BCUT2D eigenvalue weighted by atomic mass is 9.94. The molecule has 0 bridgehead atoms. The summed E-state index contributed by atoms with van der Waals surface area (Å²) in [7, 11) is 0. The van der Waals surface area contributed by atoms with Crippen molar-refractivity contribution in [1.82, 2.24) is 0 Å². The van der Waals surface area contributed by atoms with Gasteiger partial charge < -0.3 is 5.11 Å². The Morgan fingerprint density at radius 2 is 1.42 bits per heavy atom. The maximum Gasteiger partial charge on any atom is 0.119 e. The van der Waals surface area contributed by atoms with Crippen molar-refractivity contribution in [3.05, 3.63) is 53.1 Å². The van der Waals surface area contributed by atoms with Crippen LogP contribution in [0.2, 0.25) is 0 Å². The highest BCUT2D eigenvalue weighted by Gasteiger charge is 2.09. The van der Waals surface area contributed by atoms with E-state index in [1.807, 2.05) is 6.07 Å². The van der Waals surface area contributed by atoms with Crippen LogP contribution in [0.4, 0.5) is 0 Å². The van der Waals surface area contributed by atoms with Crippen molar-refractivity contribution in [2.45, 2.75) is 40.0 Å². The Labute approximate surface area is 115 Å². The molecular weight excluding hydrogens is 232 g/mol. The van der Waals surface area contributed by atoms with Crippen molar-refractivity contribution < 1.29 is 5.11 Å². The van der Waals surface area contributed by atoms with Crippen LogP contribution in [0.25, 0.3) is 11.1 Å². The number of benzene rings is 2. The fraction of sp³-hybridized carbons (Fsp3) is 0.333. The van der Waals surface area contributed by atoms with E-state index in [9.17, 15) is 5.11 Å². The smallest absolute Gasteiger partial charge is 0.119 e. The summed E-state index contributed by atoms with van der Waals surface area (Å²) in [5.74, 6) is 0.411. The summed E-state index contributed by atoms with van der Waals surface area (Å²) in [5.41, 5.74) is 6.02. The summed E-state index contributed by atoms with van der Waals surface area (Å²) >= 11 is 0. The van der Waals surface area contributed by atoms with Gasteiger partial charge in [0.05, 0.1) is 0 Å². The van der Waals surface area contributed by atoms with Crippen LogP contribution >= 0.6 is 0 Å². The third-order valence-electron chi connectivity index (χ3n) is 3.74. The molecule has 0 amide bonds. The van der Waals surface area contributed by atoms with Gasteiger partial charge >= 0.3 is 0 Å². The molecule has 100 valence electrons. The third-order valence-corrected chi connectivity index (χ3v) is 3.74. The van der Waals surface area contributed by atoms with Crippen LogP contribution in [0.15, 0.2) is 36.4 Å². The first kappa shape index (κ1) is 13.7. The number of rotatable bonds is 4. The first-order valence-corrected chi connectivity index (χ1v) is 7.13. The molecule has 0 radical (unpaired) electrons. The zero-order chi connectivity index (χ0) is 13.8. The third kappa shape index (κ3) is 2.81. The van der Waals surface area contributed by atoms with E-state index in [4.69, 9.17) is 0 Å². The van der Waals surface area contributed by atoms with Gasteiger partial charge in [0.25, 0.3) is 0 Å². The van der Waals surface area contributed by atoms with Gasteiger partial charge in [0.15, 0.2) is 0 Å². The Balaban J connectivity index is 2.50. The molecule has 1 N–H and O–H groups in total. The molecule has 2 aromatic carbocycles. The van der Waals surface area contributed by atoms with Crippen LogP contribution in [0.1, 0.15) is 37.5 Å². The summed E-state index contributed by atoms with van der Waals surface area (Å²) < 4.78 is 0. The van der Waals surface area contributed by atoms with E-state index in [2.05, 4.69) is 51.1 Å². The van der Waals surface area contributed by atoms with Crippen molar-refractivity contribution in [3.63, 3.8) is 0 Å². The molecule has 1 heteroatoms. The normalized spacial score (nSPS) is 10.7. The van der Waals surface area contributed by atoms with Gasteiger partial charge in [-0.05, 0) is 53.1 Å². The van der Waals surface area contributed by atoms with Crippen molar-refractivity contribution in [2.75, 3.05) is 0 Å². The zero-order valence-electron chi connectivity index (χ0n) is 12.0. The summed E-state index contributed by atoms with van der Waals surface area (Å²) in [4.78, 5) is 0. The van der Waals surface area contributed by atoms with Gasteiger partial charge in [0.1, 0.15) is 5.75 Å². The van der Waals surface area contributed by atoms with Crippen molar-refractivity contribution in [3.8, 4) is 16.9 Å². The SMILES string of the molecule is CCc1ccc(-c2cc(O)c(CC)cc2CC)cc1. The van der Waals surface area contributed by atoms with Crippen LogP contribution < -0.4 is 0 Å². The topological polar surface area (TPSA) is 20.2 Å². The molecule has 0 aromatic heterocycles. The zero-order valence-corrected chi connectivity index (χ0v) is 12.0. The van der Waals surface area contributed by atoms with Gasteiger partial charge in [-0.2, -0.15) is 0 Å². The standard InChI is InChI=1S/C18H22O/c1-4-13-7-9-16(10-8-13)17-12-18(19)15(6-3)11-14(17)5-2/h7-12,19H,4-6H2,1-3H3. The van der Waals surface area contributed by atoms with E-state index in [1.165, 1.54) is 16.7 Å². The van der Waals surface area contributed by atoms with Gasteiger partial charge in [-0.15, -0.1) is 0 Å². The molecule has 0 aliphatic heterocycles. The Morgan fingerprint density at radius 3 is 1.95 bits per heavy atom. The maximum atomic E-state index is 10.1. The summed E-state index contributed by atoms with van der Waals surface area (Å²) in [6, 6.07) is 12.7. The molecule has 0 atom stereocenters. The van der Waals surface area contributed by atoms with Gasteiger partial charge in [-0.3, -0.25) is 0 Å². The van der Waals surface area contributed by atoms with Crippen molar-refractivity contribution in [1.29, 1.82) is 0 Å². The highest BCUT2D eigenvalue weighted by atomic mass is 16.3. The second-order valence-electron chi connectivity index (χ2n) is 4.90. The highest BCUT2D eigenvalue weighted by molar-refractivity contribution is 5.70. The minimum atomic E-state index is 0.411. The van der Waals surface area contributed by atoms with E-state index in [0.717, 1.165) is 30.4 Å². The molecule has 0 aliphatic rings. The average Bonchev–Trinajstić information content (AvgIpc) is 2.47. The molecule has 19 heavy (non-hydrogen) atoms. The van der Waals surface area contributed by atoms with Crippen LogP contribution in [-0.2, 0) is 19.3 Å². The number of phenolic OH excluding ortho intramolecular Hbond substituents is 1. The molecule has 0 aliphatic carbocycles. The van der Waals surface area contributed by atoms with Gasteiger partial charge in [0, 0.05) is 0 Å². The predicted octanol–water partition coefficient (Wildman–Crippen LogP) is 4.75. The Kier molecular flexibility index (Phi) is 4.26. The lowest BCUT2D eigenvalue weighted by Gasteiger charge is -2.12. The number of hydrogen-bond donors (Lipinski definition) is 1. The first-order chi connectivity index (χ1) is 9.19. The Bertz CT molecular complexity index is 553. The number of hydrogen-bond acceptors (Lipinski definition) is 1. The van der Waals surface area contributed by atoms with Gasteiger partial charge in [-0.1, -0.05) is 51.1 Å². The van der Waals surface area contributed by atoms with E-state index >= 15 is 0 Å². The lowest BCUT2D eigenvalue weighted by molar-refractivity contribution is 0.469. The van der Waals surface area contributed by atoms with Crippen LogP contribution in [0.5, 0.6) is 5.75 Å². The fourth-order valence-corrected chi connectivity index (χ4v) is 2.45. The van der Waals surface area contributed by atoms with Crippen LogP contribution in [0.3, 0.4) is 0 Å². The Hall–Kier alpha value is -1.76. The molecule has 0 saturated heterocycles. The van der Waals surface area contributed by atoms with Crippen LogP contribution in [-0.4, -0.2) is 5.11 Å². The van der Waals surface area contributed by atoms with Crippen molar-refractivity contribution >= 4 is 0 Å². The molecule has 0 unspecified atom stereocenters. The minimum Gasteiger partial charge on any atom is -0.508 e. The average molecular weight is 254 g/mol. The molecule has 2 aromatic rings. The van der Waals surface area contributed by atoms with Crippen molar-refractivity contribution in [2.24, 2.45) is 0 Å². The first-order valence-electron chi connectivity index (χ1n) is 7.13.